The third-order valence-electron chi connectivity index (χ3n) is 4.82. The van der Waals surface area contributed by atoms with Crippen LogP contribution < -0.4 is 11.5 Å². The number of hydrogen-bond acceptors (Lipinski definition) is 8. The van der Waals surface area contributed by atoms with Gasteiger partial charge in [0.05, 0.1) is 5.39 Å². The smallest absolute Gasteiger partial charge is 0.223 e. The van der Waals surface area contributed by atoms with Crippen molar-refractivity contribution in [2.75, 3.05) is 11.5 Å². The topological polar surface area (TPSA) is 153 Å². The maximum atomic E-state index is 13.5. The highest BCUT2D eigenvalue weighted by Gasteiger charge is 2.47. The fourth-order valence-electron chi connectivity index (χ4n) is 3.40. The summed E-state index contributed by atoms with van der Waals surface area (Å²) in [5, 5.41) is 32.0. The molecule has 0 amide bonds. The van der Waals surface area contributed by atoms with Gasteiger partial charge in [0.25, 0.3) is 0 Å². The van der Waals surface area contributed by atoms with Crippen LogP contribution in [0.4, 0.5) is 20.5 Å². The molecule has 9 nitrogen and oxygen atoms in total. The van der Waals surface area contributed by atoms with Gasteiger partial charge in [0.1, 0.15) is 30.2 Å². The van der Waals surface area contributed by atoms with Gasteiger partial charge in [-0.05, 0) is 40.3 Å². The second kappa shape index (κ2) is 7.28. The fourth-order valence-corrected chi connectivity index (χ4v) is 4.22. The van der Waals surface area contributed by atoms with Gasteiger partial charge in [0.2, 0.25) is 5.95 Å². The number of rotatable bonds is 3. The quantitative estimate of drug-likeness (QED) is 0.319. The molecular weight excluding hydrogens is 503 g/mol. The van der Waals surface area contributed by atoms with Crippen molar-refractivity contribution < 1.29 is 28.8 Å². The lowest BCUT2D eigenvalue weighted by Crippen LogP contribution is -2.34. The molecule has 5 atom stereocenters. The Kier molecular flexibility index (Phi) is 5.06. The van der Waals surface area contributed by atoms with Crippen molar-refractivity contribution in [2.24, 2.45) is 0 Å². The van der Waals surface area contributed by atoms with E-state index in [1.807, 2.05) is 22.6 Å². The van der Waals surface area contributed by atoms with E-state index >= 15 is 0 Å². The minimum absolute atomic E-state index is 0.0106. The number of nitrogens with zero attached hydrogens (tertiary/aromatic N) is 3. The van der Waals surface area contributed by atoms with Gasteiger partial charge in [-0.15, -0.1) is 0 Å². The second-order valence-corrected chi connectivity index (χ2v) is 7.80. The Morgan fingerprint density at radius 3 is 2.55 bits per heavy atom. The largest absolute Gasteiger partial charge is 0.387 e. The summed E-state index contributed by atoms with van der Waals surface area (Å²) in [6.45, 7) is 0. The molecule has 7 N–H and O–H groups in total. The highest BCUT2D eigenvalue weighted by atomic mass is 127. The summed E-state index contributed by atoms with van der Waals surface area (Å²) in [6.07, 6.45) is -5.37. The van der Waals surface area contributed by atoms with Gasteiger partial charge in [0.15, 0.2) is 23.5 Å². The van der Waals surface area contributed by atoms with E-state index in [0.717, 1.165) is 12.1 Å². The number of nitrogens with two attached hydrogens (primary N) is 2. The third-order valence-corrected chi connectivity index (χ3v) is 5.63. The van der Waals surface area contributed by atoms with Crippen molar-refractivity contribution in [1.82, 2.24) is 14.5 Å². The van der Waals surface area contributed by atoms with E-state index in [0.29, 0.717) is 8.96 Å². The summed E-state index contributed by atoms with van der Waals surface area (Å²) in [5.41, 5.74) is 11.8. The molecule has 154 valence electrons. The van der Waals surface area contributed by atoms with Crippen LogP contribution in [0.5, 0.6) is 0 Å². The molecule has 0 spiro atoms. The SMILES string of the molecule is Nc1nc(N)c2c(I)cn([C@@H]3O[C@H]([C@H](O)c4ccc(F)c(F)c4)[C@@H](O)[C@H]3O)c2n1. The molecule has 2 aromatic heterocycles. The third kappa shape index (κ3) is 3.30. The van der Waals surface area contributed by atoms with Gasteiger partial charge in [-0.2, -0.15) is 9.97 Å². The number of fused-ring (bicyclic) bond motifs is 1. The zero-order valence-electron chi connectivity index (χ0n) is 14.6. The summed E-state index contributed by atoms with van der Waals surface area (Å²) in [6, 6.07) is 2.83. The molecule has 1 saturated heterocycles. The predicted molar refractivity (Wildman–Crippen MR) is 106 cm³/mol. The lowest BCUT2D eigenvalue weighted by molar-refractivity contribution is -0.0849. The summed E-state index contributed by atoms with van der Waals surface area (Å²) in [7, 11) is 0. The summed E-state index contributed by atoms with van der Waals surface area (Å²) in [5.74, 6) is -2.17. The van der Waals surface area contributed by atoms with E-state index in [4.69, 9.17) is 16.2 Å². The van der Waals surface area contributed by atoms with Crippen LogP contribution in [0.25, 0.3) is 11.0 Å². The fraction of sp³-hybridized carbons (Fsp3) is 0.294. The zero-order chi connectivity index (χ0) is 21.0. The molecule has 29 heavy (non-hydrogen) atoms. The number of ether oxygens (including phenoxy) is 1. The average molecular weight is 519 g/mol. The molecule has 1 aliphatic rings. The first-order chi connectivity index (χ1) is 13.7. The monoisotopic (exact) mass is 519 g/mol. The van der Waals surface area contributed by atoms with Gasteiger partial charge >= 0.3 is 0 Å². The Hall–Kier alpha value is -2.13. The zero-order valence-corrected chi connectivity index (χ0v) is 16.7. The van der Waals surface area contributed by atoms with Crippen molar-refractivity contribution in [1.29, 1.82) is 0 Å². The first kappa shape index (κ1) is 20.2. The average Bonchev–Trinajstić information content (AvgIpc) is 3.14. The number of nitrogen functional groups attached to an aromatic ring is 2. The Morgan fingerprint density at radius 1 is 1.14 bits per heavy atom. The number of anilines is 2. The van der Waals surface area contributed by atoms with Gasteiger partial charge < -0.3 is 36.1 Å². The Bertz CT molecular complexity index is 1100. The van der Waals surface area contributed by atoms with Crippen LogP contribution in [0.15, 0.2) is 24.4 Å². The Balaban J connectivity index is 1.71. The normalized spacial score (nSPS) is 25.6. The van der Waals surface area contributed by atoms with Crippen molar-refractivity contribution in [3.8, 4) is 0 Å². The van der Waals surface area contributed by atoms with E-state index in [2.05, 4.69) is 9.97 Å². The van der Waals surface area contributed by atoms with Crippen LogP contribution in [-0.2, 0) is 4.74 Å². The maximum Gasteiger partial charge on any atom is 0.223 e. The molecule has 3 heterocycles. The van der Waals surface area contributed by atoms with Crippen molar-refractivity contribution in [3.05, 3.63) is 45.2 Å². The van der Waals surface area contributed by atoms with Crippen molar-refractivity contribution in [3.63, 3.8) is 0 Å². The van der Waals surface area contributed by atoms with Gasteiger partial charge in [-0.1, -0.05) is 6.07 Å². The Labute approximate surface area is 176 Å². The van der Waals surface area contributed by atoms with Crippen LogP contribution >= 0.6 is 22.6 Å². The molecule has 12 heteroatoms. The van der Waals surface area contributed by atoms with Crippen LogP contribution in [0.3, 0.4) is 0 Å². The molecule has 0 saturated carbocycles. The molecule has 4 rings (SSSR count). The lowest BCUT2D eigenvalue weighted by atomic mass is 9.99. The van der Waals surface area contributed by atoms with E-state index in [9.17, 15) is 24.1 Å². The number of aromatic nitrogens is 3. The van der Waals surface area contributed by atoms with Crippen LogP contribution in [-0.4, -0.2) is 48.2 Å². The van der Waals surface area contributed by atoms with Crippen LogP contribution in [0.1, 0.15) is 17.9 Å². The number of halogens is 3. The molecule has 3 aromatic rings. The first-order valence-corrected chi connectivity index (χ1v) is 9.50. The molecule has 1 fully saturated rings. The van der Waals surface area contributed by atoms with E-state index in [1.165, 1.54) is 10.6 Å². The molecule has 0 radical (unpaired) electrons. The summed E-state index contributed by atoms with van der Waals surface area (Å²) in [4.78, 5) is 8.03. The van der Waals surface area contributed by atoms with E-state index in [-0.39, 0.29) is 23.0 Å². The van der Waals surface area contributed by atoms with Gasteiger partial charge in [-0.25, -0.2) is 8.78 Å². The molecule has 1 aromatic carbocycles. The lowest BCUT2D eigenvalue weighted by Gasteiger charge is -2.21. The minimum atomic E-state index is -1.52. The molecule has 1 aliphatic heterocycles. The van der Waals surface area contributed by atoms with Gasteiger partial charge in [0, 0.05) is 9.77 Å². The maximum absolute atomic E-state index is 13.5. The van der Waals surface area contributed by atoms with Gasteiger partial charge in [-0.3, -0.25) is 0 Å². The highest BCUT2D eigenvalue weighted by molar-refractivity contribution is 14.1. The predicted octanol–water partition coefficient (Wildman–Crippen LogP) is 0.831. The highest BCUT2D eigenvalue weighted by Crippen LogP contribution is 2.39. The van der Waals surface area contributed by atoms with E-state index < -0.39 is 42.3 Å². The second-order valence-electron chi connectivity index (χ2n) is 6.64. The van der Waals surface area contributed by atoms with Crippen molar-refractivity contribution >= 4 is 45.4 Å². The number of hydrogen-bond donors (Lipinski definition) is 5. The number of aliphatic hydroxyl groups is 3. The van der Waals surface area contributed by atoms with Crippen LogP contribution in [0.2, 0.25) is 0 Å². The first-order valence-electron chi connectivity index (χ1n) is 8.42. The van der Waals surface area contributed by atoms with Crippen molar-refractivity contribution in [2.45, 2.75) is 30.6 Å². The molecule has 0 unspecified atom stereocenters. The minimum Gasteiger partial charge on any atom is -0.387 e. The molecule has 0 bridgehead atoms. The molecular formula is C17H16F2IN5O4. The molecule has 0 aliphatic carbocycles. The Morgan fingerprint density at radius 2 is 1.86 bits per heavy atom. The standard InChI is InChI=1S/C17H16F2IN5O4/c18-6-2-1-5(3-7(6)19)10(26)13-11(27)12(28)16(29-13)25-4-8(20)9-14(21)23-17(22)24-15(9)25/h1-4,10-13,16,26-28H,(H4,21,22,23,24)/t10-,11+,12-,13-,16-/m1/s1. The van der Waals surface area contributed by atoms with Crippen LogP contribution in [0, 0.1) is 15.2 Å². The van der Waals surface area contributed by atoms with E-state index in [1.54, 1.807) is 6.20 Å². The number of aliphatic hydroxyl groups excluding tert-OH is 3. The summed E-state index contributed by atoms with van der Waals surface area (Å²) >= 11 is 2.00. The number of benzene rings is 1. The summed E-state index contributed by atoms with van der Waals surface area (Å²) < 4.78 is 34.5.